The van der Waals surface area contributed by atoms with Crippen LogP contribution in [0.15, 0.2) is 33.9 Å². The van der Waals surface area contributed by atoms with Gasteiger partial charge in [-0.2, -0.15) is 0 Å². The van der Waals surface area contributed by atoms with Crippen molar-refractivity contribution in [3.8, 4) is 11.5 Å². The molecule has 1 heterocycles. The second kappa shape index (κ2) is 5.97. The van der Waals surface area contributed by atoms with E-state index in [9.17, 15) is 19.2 Å². The quantitative estimate of drug-likeness (QED) is 0.585. The minimum atomic E-state index is -2.95. The molecule has 2 aromatic rings. The van der Waals surface area contributed by atoms with Crippen molar-refractivity contribution >= 4 is 44.4 Å². The van der Waals surface area contributed by atoms with Crippen LogP contribution in [0.2, 0.25) is 5.02 Å². The Kier molecular flexibility index (Phi) is 4.46. The first kappa shape index (κ1) is 15.7. The molecule has 0 fully saturated rings. The summed E-state index contributed by atoms with van der Waals surface area (Å²) in [6.07, 6.45) is -0.0978. The van der Waals surface area contributed by atoms with Crippen molar-refractivity contribution in [3.63, 3.8) is 0 Å². The molecule has 5 nitrogen and oxygen atoms in total. The molecule has 0 aliphatic heterocycles. The number of benzene rings is 1. The summed E-state index contributed by atoms with van der Waals surface area (Å²) in [4.78, 5) is 11.9. The fourth-order valence-electron chi connectivity index (χ4n) is 1.60. The van der Waals surface area contributed by atoms with Crippen LogP contribution in [0.3, 0.4) is 0 Å². The molecule has 0 bridgehead atoms. The summed E-state index contributed by atoms with van der Waals surface area (Å²) in [5.41, 5.74) is 0.474. The molecule has 0 aliphatic carbocycles. The van der Waals surface area contributed by atoms with Gasteiger partial charge in [-0.1, -0.05) is 17.7 Å². The minimum Gasteiger partial charge on any atom is -0.504 e. The summed E-state index contributed by atoms with van der Waals surface area (Å²) in [7, 11) is -2.95. The molecule has 2 rings (SSSR count). The highest BCUT2D eigenvalue weighted by Crippen LogP contribution is 2.25. The van der Waals surface area contributed by atoms with Crippen molar-refractivity contribution in [1.29, 1.82) is 0 Å². The third-order valence-electron chi connectivity index (χ3n) is 2.55. The molecule has 1 atom stereocenters. The maximum atomic E-state index is 12.3. The van der Waals surface area contributed by atoms with Gasteiger partial charge in [-0.15, -0.1) is 11.3 Å². The molecule has 1 amide bonds. The van der Waals surface area contributed by atoms with Gasteiger partial charge in [0, 0.05) is 5.38 Å². The fraction of sp³-hybridized carbons (Fsp3) is 0.0769. The van der Waals surface area contributed by atoms with Gasteiger partial charge in [0.2, 0.25) is 5.91 Å². The second-order valence-corrected chi connectivity index (χ2v) is 7.88. The van der Waals surface area contributed by atoms with E-state index in [0.717, 1.165) is 11.3 Å². The number of nitrogens with one attached hydrogen (secondary N) is 1. The third kappa shape index (κ3) is 3.90. The molecule has 1 aromatic carbocycles. The summed E-state index contributed by atoms with van der Waals surface area (Å²) in [6.45, 7) is 0. The standard InChI is InChI=1S/C13H12ClNO4S2/c1-21(19,13-6-9(14)7-20-13)15-12(18)5-8-2-3-10(16)11(17)4-8/h2-4,6-7,16-17H,1,5H2,(H,15,18,19). The van der Waals surface area contributed by atoms with Gasteiger partial charge in [-0.05, 0) is 29.6 Å². The Morgan fingerprint density at radius 2 is 2.05 bits per heavy atom. The Labute approximate surface area is 131 Å². The Morgan fingerprint density at radius 1 is 1.33 bits per heavy atom. The number of amides is 1. The van der Waals surface area contributed by atoms with Gasteiger partial charge >= 0.3 is 0 Å². The summed E-state index contributed by atoms with van der Waals surface area (Å²) < 4.78 is 15.1. The lowest BCUT2D eigenvalue weighted by Gasteiger charge is -2.09. The molecule has 3 N–H and O–H groups in total. The highest BCUT2D eigenvalue weighted by Gasteiger charge is 2.15. The normalized spacial score (nSPS) is 13.6. The van der Waals surface area contributed by atoms with Crippen LogP contribution in [-0.2, 0) is 20.9 Å². The smallest absolute Gasteiger partial charge is 0.235 e. The average molecular weight is 346 g/mol. The van der Waals surface area contributed by atoms with E-state index in [1.807, 2.05) is 0 Å². The topological polar surface area (TPSA) is 86.6 Å². The highest BCUT2D eigenvalue weighted by molar-refractivity contribution is 8.00. The van der Waals surface area contributed by atoms with Crippen molar-refractivity contribution in [3.05, 3.63) is 40.2 Å². The van der Waals surface area contributed by atoms with Crippen molar-refractivity contribution in [2.24, 2.45) is 0 Å². The Bertz CT molecular complexity index is 783. The lowest BCUT2D eigenvalue weighted by atomic mass is 10.1. The highest BCUT2D eigenvalue weighted by atomic mass is 35.5. The molecular formula is C13H12ClNO4S2. The van der Waals surface area contributed by atoms with E-state index in [1.165, 1.54) is 24.3 Å². The first-order valence-corrected chi connectivity index (χ1v) is 8.69. The van der Waals surface area contributed by atoms with Crippen LogP contribution >= 0.6 is 22.9 Å². The lowest BCUT2D eigenvalue weighted by molar-refractivity contribution is -0.118. The van der Waals surface area contributed by atoms with Gasteiger partial charge in [0.1, 0.15) is 4.21 Å². The zero-order valence-corrected chi connectivity index (χ0v) is 13.1. The van der Waals surface area contributed by atoms with Crippen LogP contribution in [0.1, 0.15) is 5.56 Å². The number of aromatic hydroxyl groups is 2. The van der Waals surface area contributed by atoms with Crippen LogP contribution in [0.5, 0.6) is 11.5 Å². The summed E-state index contributed by atoms with van der Waals surface area (Å²) in [6, 6.07) is 5.52. The summed E-state index contributed by atoms with van der Waals surface area (Å²) >= 11 is 6.91. The number of phenols is 2. The van der Waals surface area contributed by atoms with Crippen molar-refractivity contribution < 1.29 is 19.2 Å². The number of phenolic OH excluding ortho intramolecular Hbond substituents is 2. The SMILES string of the molecule is C=S(=O)(NC(=O)Cc1ccc(O)c(O)c1)c1cc(Cl)cs1. The van der Waals surface area contributed by atoms with Crippen LogP contribution in [0.4, 0.5) is 0 Å². The number of carbonyl (C=O) groups excluding carboxylic acids is 1. The molecule has 1 unspecified atom stereocenters. The second-order valence-electron chi connectivity index (χ2n) is 4.28. The maximum Gasteiger partial charge on any atom is 0.235 e. The zero-order valence-electron chi connectivity index (χ0n) is 10.7. The van der Waals surface area contributed by atoms with Crippen molar-refractivity contribution in [2.75, 3.05) is 0 Å². The molecule has 0 saturated carbocycles. The fourth-order valence-corrected chi connectivity index (χ4v) is 4.22. The first-order valence-electron chi connectivity index (χ1n) is 5.70. The van der Waals surface area contributed by atoms with Crippen LogP contribution in [0, 0.1) is 0 Å². The molecule has 21 heavy (non-hydrogen) atoms. The van der Waals surface area contributed by atoms with E-state index < -0.39 is 15.6 Å². The predicted molar refractivity (Wildman–Crippen MR) is 84.5 cm³/mol. The summed E-state index contributed by atoms with van der Waals surface area (Å²) in [5.74, 6) is 2.43. The Hall–Kier alpha value is -1.70. The molecule has 0 aliphatic rings. The van der Waals surface area contributed by atoms with Gasteiger partial charge < -0.3 is 10.2 Å². The van der Waals surface area contributed by atoms with Crippen LogP contribution < -0.4 is 4.72 Å². The van der Waals surface area contributed by atoms with E-state index in [-0.39, 0.29) is 17.9 Å². The van der Waals surface area contributed by atoms with E-state index in [1.54, 1.807) is 5.38 Å². The van der Waals surface area contributed by atoms with Crippen LogP contribution in [-0.4, -0.2) is 26.2 Å². The van der Waals surface area contributed by atoms with E-state index >= 15 is 0 Å². The maximum absolute atomic E-state index is 12.3. The number of hydrogen-bond donors (Lipinski definition) is 3. The predicted octanol–water partition coefficient (Wildman–Crippen LogP) is 2.16. The molecule has 112 valence electrons. The summed E-state index contributed by atoms with van der Waals surface area (Å²) in [5, 5.41) is 20.6. The number of hydrogen-bond acceptors (Lipinski definition) is 5. The largest absolute Gasteiger partial charge is 0.504 e. The monoisotopic (exact) mass is 345 g/mol. The van der Waals surface area contributed by atoms with Gasteiger partial charge in [0.25, 0.3) is 0 Å². The Morgan fingerprint density at radius 3 is 2.62 bits per heavy atom. The lowest BCUT2D eigenvalue weighted by Crippen LogP contribution is -2.31. The third-order valence-corrected chi connectivity index (χ3v) is 6.04. The molecular weight excluding hydrogens is 334 g/mol. The molecule has 0 saturated heterocycles. The van der Waals surface area contributed by atoms with Gasteiger partial charge in [0.05, 0.1) is 21.2 Å². The van der Waals surface area contributed by atoms with E-state index in [2.05, 4.69) is 10.6 Å². The molecule has 1 aromatic heterocycles. The van der Waals surface area contributed by atoms with Crippen molar-refractivity contribution in [1.82, 2.24) is 4.72 Å². The van der Waals surface area contributed by atoms with Crippen molar-refractivity contribution in [2.45, 2.75) is 10.6 Å². The Balaban J connectivity index is 2.09. The molecule has 0 spiro atoms. The van der Waals surface area contributed by atoms with E-state index in [0.29, 0.717) is 14.8 Å². The number of thiophene rings is 1. The number of rotatable bonds is 4. The van der Waals surface area contributed by atoms with Crippen LogP contribution in [0.25, 0.3) is 0 Å². The molecule has 8 heteroatoms. The van der Waals surface area contributed by atoms with Gasteiger partial charge in [-0.25, -0.2) is 4.21 Å². The molecule has 0 radical (unpaired) electrons. The van der Waals surface area contributed by atoms with Gasteiger partial charge in [-0.3, -0.25) is 9.52 Å². The average Bonchev–Trinajstić information content (AvgIpc) is 2.81. The minimum absolute atomic E-state index is 0.0978. The number of carbonyl (C=O) groups is 1. The first-order chi connectivity index (χ1) is 9.78. The van der Waals surface area contributed by atoms with Gasteiger partial charge in [0.15, 0.2) is 11.5 Å². The van der Waals surface area contributed by atoms with E-state index in [4.69, 9.17) is 11.6 Å². The number of halogens is 1. The zero-order chi connectivity index (χ0) is 15.6.